The minimum absolute atomic E-state index is 0.0415. The zero-order valence-electron chi connectivity index (χ0n) is 13.0. The molecule has 3 rings (SSSR count). The number of methoxy groups -OCH3 is 1. The van der Waals surface area contributed by atoms with E-state index in [-0.39, 0.29) is 11.9 Å². The van der Waals surface area contributed by atoms with Crippen LogP contribution in [0.5, 0.6) is 5.75 Å². The Morgan fingerprint density at radius 2 is 2.05 bits per heavy atom. The predicted octanol–water partition coefficient (Wildman–Crippen LogP) is 3.73. The van der Waals surface area contributed by atoms with Gasteiger partial charge in [-0.1, -0.05) is 12.1 Å². The van der Waals surface area contributed by atoms with Crippen LogP contribution in [0, 0.1) is 5.92 Å². The number of benzene rings is 1. The summed E-state index contributed by atoms with van der Waals surface area (Å²) in [6, 6.07) is 11.5. The lowest BCUT2D eigenvalue weighted by Crippen LogP contribution is -2.39. The number of hydrogen-bond acceptors (Lipinski definition) is 3. The third-order valence-electron chi connectivity index (χ3n) is 4.30. The van der Waals surface area contributed by atoms with E-state index in [9.17, 15) is 4.79 Å². The molecular weight excluding hydrogens is 278 g/mol. The normalized spacial score (nSPS) is 15.4. The van der Waals surface area contributed by atoms with Gasteiger partial charge in [-0.25, -0.2) is 0 Å². The highest BCUT2D eigenvalue weighted by Crippen LogP contribution is 2.36. The highest BCUT2D eigenvalue weighted by atomic mass is 16.5. The summed E-state index contributed by atoms with van der Waals surface area (Å²) in [5.41, 5.74) is 1.09. The fourth-order valence-electron chi connectivity index (χ4n) is 2.70. The van der Waals surface area contributed by atoms with Crippen LogP contribution in [0.2, 0.25) is 0 Å². The summed E-state index contributed by atoms with van der Waals surface area (Å²) >= 11 is 0. The maximum Gasteiger partial charge on any atom is 0.290 e. The summed E-state index contributed by atoms with van der Waals surface area (Å²) in [7, 11) is 1.65. The second-order valence-electron chi connectivity index (χ2n) is 5.84. The smallest absolute Gasteiger partial charge is 0.290 e. The molecule has 0 bridgehead atoms. The summed E-state index contributed by atoms with van der Waals surface area (Å²) in [6.45, 7) is 2.71. The van der Waals surface area contributed by atoms with Crippen LogP contribution >= 0.6 is 0 Å². The van der Waals surface area contributed by atoms with E-state index in [0.29, 0.717) is 18.2 Å². The molecule has 1 aliphatic carbocycles. The molecule has 0 saturated heterocycles. The lowest BCUT2D eigenvalue weighted by atomic mass is 10.1. The topological polar surface area (TPSA) is 42.7 Å². The fraction of sp³-hybridized carbons (Fsp3) is 0.389. The summed E-state index contributed by atoms with van der Waals surface area (Å²) in [4.78, 5) is 14.6. The van der Waals surface area contributed by atoms with Crippen LogP contribution in [0.25, 0.3) is 0 Å². The molecule has 0 N–H and O–H groups in total. The molecule has 1 aromatic heterocycles. The molecule has 1 atom stereocenters. The van der Waals surface area contributed by atoms with E-state index in [1.807, 2.05) is 29.2 Å². The van der Waals surface area contributed by atoms with Crippen LogP contribution in [0.1, 0.15) is 35.9 Å². The van der Waals surface area contributed by atoms with E-state index in [1.165, 1.54) is 12.8 Å². The number of carbonyl (C=O) groups is 1. The van der Waals surface area contributed by atoms with Crippen LogP contribution in [-0.4, -0.2) is 24.0 Å². The third-order valence-corrected chi connectivity index (χ3v) is 4.30. The largest absolute Gasteiger partial charge is 0.497 e. The minimum atomic E-state index is -0.0415. The summed E-state index contributed by atoms with van der Waals surface area (Å²) in [6.07, 6.45) is 3.94. The molecule has 1 saturated carbocycles. The van der Waals surface area contributed by atoms with Crippen LogP contribution in [0.4, 0.5) is 0 Å². The van der Waals surface area contributed by atoms with Crippen molar-refractivity contribution in [2.45, 2.75) is 32.4 Å². The lowest BCUT2D eigenvalue weighted by molar-refractivity contribution is 0.0621. The zero-order chi connectivity index (χ0) is 15.5. The SMILES string of the molecule is COc1ccc(CN(C(=O)c2ccco2)C(C)C2CC2)cc1. The van der Waals surface area contributed by atoms with Crippen molar-refractivity contribution in [2.75, 3.05) is 7.11 Å². The van der Waals surface area contributed by atoms with Crippen molar-refractivity contribution >= 4 is 5.91 Å². The third kappa shape index (κ3) is 3.16. The van der Waals surface area contributed by atoms with Gasteiger partial charge in [0, 0.05) is 12.6 Å². The van der Waals surface area contributed by atoms with Gasteiger partial charge in [-0.05, 0) is 55.5 Å². The van der Waals surface area contributed by atoms with Crippen LogP contribution in [0.15, 0.2) is 47.1 Å². The second-order valence-corrected chi connectivity index (χ2v) is 5.84. The van der Waals surface area contributed by atoms with Crippen molar-refractivity contribution < 1.29 is 13.9 Å². The first-order valence-corrected chi connectivity index (χ1v) is 7.66. The van der Waals surface area contributed by atoms with Gasteiger partial charge >= 0.3 is 0 Å². The Labute approximate surface area is 130 Å². The Bertz CT molecular complexity index is 614. The predicted molar refractivity (Wildman–Crippen MR) is 83.8 cm³/mol. The molecule has 2 aromatic rings. The van der Waals surface area contributed by atoms with E-state index < -0.39 is 0 Å². The Morgan fingerprint density at radius 1 is 1.32 bits per heavy atom. The van der Waals surface area contributed by atoms with Crippen molar-refractivity contribution in [2.24, 2.45) is 5.92 Å². The molecule has 1 fully saturated rings. The standard InChI is InChI=1S/C18H21NO3/c1-13(15-7-8-15)19(18(20)17-4-3-11-22-17)12-14-5-9-16(21-2)10-6-14/h3-6,9-11,13,15H,7-8,12H2,1-2H3. The van der Waals surface area contributed by atoms with Gasteiger partial charge in [-0.15, -0.1) is 0 Å². The molecule has 1 heterocycles. The lowest BCUT2D eigenvalue weighted by Gasteiger charge is -2.29. The van der Waals surface area contributed by atoms with Gasteiger partial charge in [0.1, 0.15) is 5.75 Å². The number of ether oxygens (including phenoxy) is 1. The molecular formula is C18H21NO3. The maximum atomic E-state index is 12.7. The van der Waals surface area contributed by atoms with Gasteiger partial charge in [0.05, 0.1) is 13.4 Å². The Balaban J connectivity index is 1.79. The first-order valence-electron chi connectivity index (χ1n) is 7.66. The van der Waals surface area contributed by atoms with Gasteiger partial charge in [0.25, 0.3) is 5.91 Å². The minimum Gasteiger partial charge on any atom is -0.497 e. The van der Waals surface area contributed by atoms with E-state index in [4.69, 9.17) is 9.15 Å². The van der Waals surface area contributed by atoms with E-state index in [2.05, 4.69) is 6.92 Å². The Kier molecular flexibility index (Phi) is 4.18. The molecule has 1 unspecified atom stereocenters. The van der Waals surface area contributed by atoms with Crippen molar-refractivity contribution in [3.63, 3.8) is 0 Å². The van der Waals surface area contributed by atoms with Gasteiger partial charge in [0.15, 0.2) is 5.76 Å². The second kappa shape index (κ2) is 6.26. The maximum absolute atomic E-state index is 12.7. The van der Waals surface area contributed by atoms with Gasteiger partial charge in [0.2, 0.25) is 0 Å². The van der Waals surface area contributed by atoms with Crippen molar-refractivity contribution in [1.82, 2.24) is 4.90 Å². The molecule has 22 heavy (non-hydrogen) atoms. The van der Waals surface area contributed by atoms with Crippen molar-refractivity contribution in [1.29, 1.82) is 0 Å². The quantitative estimate of drug-likeness (QED) is 0.816. The molecule has 116 valence electrons. The Morgan fingerprint density at radius 3 is 2.59 bits per heavy atom. The molecule has 0 aliphatic heterocycles. The number of furan rings is 1. The number of rotatable bonds is 6. The number of carbonyl (C=O) groups excluding carboxylic acids is 1. The summed E-state index contributed by atoms with van der Waals surface area (Å²) in [5, 5.41) is 0. The first kappa shape index (κ1) is 14.7. The monoisotopic (exact) mass is 299 g/mol. The number of amides is 1. The van der Waals surface area contributed by atoms with E-state index in [1.54, 1.807) is 25.5 Å². The van der Waals surface area contributed by atoms with Gasteiger partial charge in [-0.2, -0.15) is 0 Å². The Hall–Kier alpha value is -2.23. The van der Waals surface area contributed by atoms with Crippen LogP contribution in [-0.2, 0) is 6.54 Å². The molecule has 1 aromatic carbocycles. The highest BCUT2D eigenvalue weighted by molar-refractivity contribution is 5.91. The molecule has 4 heteroatoms. The van der Waals surface area contributed by atoms with Crippen molar-refractivity contribution in [3.8, 4) is 5.75 Å². The number of hydrogen-bond donors (Lipinski definition) is 0. The summed E-state index contributed by atoms with van der Waals surface area (Å²) in [5.74, 6) is 1.79. The van der Waals surface area contributed by atoms with Crippen LogP contribution in [0.3, 0.4) is 0 Å². The highest BCUT2D eigenvalue weighted by Gasteiger charge is 2.35. The average Bonchev–Trinajstić information content (AvgIpc) is 3.26. The van der Waals surface area contributed by atoms with E-state index in [0.717, 1.165) is 11.3 Å². The molecule has 0 spiro atoms. The first-order chi connectivity index (χ1) is 10.7. The average molecular weight is 299 g/mol. The molecule has 4 nitrogen and oxygen atoms in total. The zero-order valence-corrected chi connectivity index (χ0v) is 13.0. The molecule has 0 radical (unpaired) electrons. The van der Waals surface area contributed by atoms with Crippen molar-refractivity contribution in [3.05, 3.63) is 54.0 Å². The van der Waals surface area contributed by atoms with Gasteiger partial charge < -0.3 is 14.1 Å². The fourth-order valence-corrected chi connectivity index (χ4v) is 2.70. The molecule has 1 amide bonds. The number of nitrogens with zero attached hydrogens (tertiary/aromatic N) is 1. The summed E-state index contributed by atoms with van der Waals surface area (Å²) < 4.78 is 10.5. The molecule has 1 aliphatic rings. The van der Waals surface area contributed by atoms with Crippen LogP contribution < -0.4 is 4.74 Å². The van der Waals surface area contributed by atoms with E-state index >= 15 is 0 Å². The van der Waals surface area contributed by atoms with Gasteiger partial charge in [-0.3, -0.25) is 4.79 Å².